The van der Waals surface area contributed by atoms with Gasteiger partial charge in [0.25, 0.3) is 6.10 Å². The summed E-state index contributed by atoms with van der Waals surface area (Å²) in [6, 6.07) is 14.8. The number of rotatable bonds is 6. The fourth-order valence-electron chi connectivity index (χ4n) is 4.73. The van der Waals surface area contributed by atoms with E-state index < -0.39 is 58.0 Å². The lowest BCUT2D eigenvalue weighted by molar-refractivity contribution is -0.260. The number of fused-ring (bicyclic) bond motifs is 1. The van der Waals surface area contributed by atoms with Crippen molar-refractivity contribution >= 4 is 22.1 Å². The number of carbonyl (C=O) groups excluding carboxylic acids is 2. The molecule has 2 atom stereocenters. The van der Waals surface area contributed by atoms with Crippen LogP contribution in [0.1, 0.15) is 40.5 Å². The number of alkyl halides is 5. The third kappa shape index (κ3) is 4.38. The number of carbonyl (C=O) groups is 2. The molecule has 0 radical (unpaired) electrons. The van der Waals surface area contributed by atoms with Crippen LogP contribution in [-0.2, 0) is 29.2 Å². The first-order valence-electron chi connectivity index (χ1n) is 10.2. The molecule has 2 unspecified atom stereocenters. The van der Waals surface area contributed by atoms with Crippen LogP contribution in [0.4, 0.5) is 22.0 Å². The Balaban J connectivity index is 1.50. The molecule has 0 spiro atoms. The van der Waals surface area contributed by atoms with Crippen molar-refractivity contribution in [3.63, 3.8) is 0 Å². The molecular weight excluding hydrogens is 503 g/mol. The molecule has 2 aromatic carbocycles. The number of benzene rings is 2. The molecule has 3 aliphatic rings. The topological polar surface area (TPSA) is 107 Å². The van der Waals surface area contributed by atoms with Crippen molar-refractivity contribution in [3.05, 3.63) is 70.8 Å². The second-order valence-electron chi connectivity index (χ2n) is 8.19. The normalized spacial score (nSPS) is 22.1. The predicted octanol–water partition coefficient (Wildman–Crippen LogP) is 3.78. The van der Waals surface area contributed by atoms with E-state index in [0.717, 1.165) is 22.3 Å². The van der Waals surface area contributed by atoms with E-state index in [2.05, 4.69) is 4.74 Å². The molecule has 0 heterocycles. The summed E-state index contributed by atoms with van der Waals surface area (Å²) >= 11 is 0. The number of ether oxygens (including phenoxy) is 2. The quantitative estimate of drug-likeness (QED) is 0.351. The lowest BCUT2D eigenvalue weighted by atomic mass is 9.59. The zero-order valence-electron chi connectivity index (χ0n) is 17.5. The number of hydrogen-bond acceptors (Lipinski definition) is 6. The zero-order chi connectivity index (χ0) is 25.8. The van der Waals surface area contributed by atoms with Gasteiger partial charge in [0.15, 0.2) is 6.61 Å². The van der Waals surface area contributed by atoms with Crippen LogP contribution in [0.25, 0.3) is 0 Å². The number of halogens is 5. The summed E-state index contributed by atoms with van der Waals surface area (Å²) in [7, 11) is -6.58. The maximum Gasteiger partial charge on any atom is 0.432 e. The standard InChI is InChI=1S/C22H17F5O7S/c23-21(24,25)20(22(26,27)35(30,31)32)34-17(28)10-33-19(29)16-9-15-11-5-1-3-7-13(11)18(16)14-8-4-2-6-12(14)15/h1-8,15-16,18,20H,9-10H2,(H,30,31,32). The Bertz CT molecular complexity index is 1230. The highest BCUT2D eigenvalue weighted by atomic mass is 32.2. The predicted molar refractivity (Wildman–Crippen MR) is 108 cm³/mol. The van der Waals surface area contributed by atoms with Crippen molar-refractivity contribution in [2.75, 3.05) is 6.61 Å². The molecule has 0 fully saturated rings. The van der Waals surface area contributed by atoms with Gasteiger partial charge in [-0.1, -0.05) is 48.5 Å². The monoisotopic (exact) mass is 520 g/mol. The van der Waals surface area contributed by atoms with E-state index in [1.807, 2.05) is 36.4 Å². The molecular formula is C22H17F5O7S. The molecule has 5 rings (SSSR count). The third-order valence-electron chi connectivity index (χ3n) is 6.14. The van der Waals surface area contributed by atoms with Crippen molar-refractivity contribution in [1.82, 2.24) is 0 Å². The Hall–Kier alpha value is -3.06. The summed E-state index contributed by atoms with van der Waals surface area (Å²) in [4.78, 5) is 24.6. The van der Waals surface area contributed by atoms with Crippen molar-refractivity contribution in [2.45, 2.75) is 35.8 Å². The lowest BCUT2D eigenvalue weighted by Gasteiger charge is -2.44. The van der Waals surface area contributed by atoms with Gasteiger partial charge < -0.3 is 9.47 Å². The minimum absolute atomic E-state index is 0.167. The number of esters is 2. The highest BCUT2D eigenvalue weighted by molar-refractivity contribution is 7.86. The Kier molecular flexibility index (Phi) is 6.12. The molecule has 3 aliphatic carbocycles. The van der Waals surface area contributed by atoms with E-state index >= 15 is 0 Å². The van der Waals surface area contributed by atoms with Crippen LogP contribution in [0.2, 0.25) is 0 Å². The van der Waals surface area contributed by atoms with Crippen LogP contribution >= 0.6 is 0 Å². The Labute approximate surface area is 195 Å². The third-order valence-corrected chi connectivity index (χ3v) is 7.04. The average molecular weight is 520 g/mol. The molecule has 0 aliphatic heterocycles. The van der Waals surface area contributed by atoms with Crippen LogP contribution in [0.3, 0.4) is 0 Å². The lowest BCUT2D eigenvalue weighted by Crippen LogP contribution is -2.52. The van der Waals surface area contributed by atoms with E-state index in [0.29, 0.717) is 6.42 Å². The van der Waals surface area contributed by atoms with Crippen molar-refractivity contribution in [2.24, 2.45) is 5.92 Å². The van der Waals surface area contributed by atoms with Crippen molar-refractivity contribution in [3.8, 4) is 0 Å². The Morgan fingerprint density at radius 1 is 0.943 bits per heavy atom. The summed E-state index contributed by atoms with van der Waals surface area (Å²) in [5.74, 6) is -4.45. The zero-order valence-corrected chi connectivity index (χ0v) is 18.4. The van der Waals surface area contributed by atoms with Crippen LogP contribution in [0, 0.1) is 5.92 Å². The number of hydrogen-bond donors (Lipinski definition) is 1. The van der Waals surface area contributed by atoms with Gasteiger partial charge in [-0.2, -0.15) is 30.4 Å². The maximum atomic E-state index is 13.6. The molecule has 2 bridgehead atoms. The molecule has 188 valence electrons. The second-order valence-corrected chi connectivity index (χ2v) is 9.68. The van der Waals surface area contributed by atoms with Crippen LogP contribution < -0.4 is 0 Å². The minimum atomic E-state index is -6.58. The largest absolute Gasteiger partial charge is 0.453 e. The first-order chi connectivity index (χ1) is 16.2. The van der Waals surface area contributed by atoms with Gasteiger partial charge in [0.05, 0.1) is 5.92 Å². The van der Waals surface area contributed by atoms with Crippen molar-refractivity contribution < 1.29 is 54.0 Å². The molecule has 0 saturated heterocycles. The summed E-state index contributed by atoms with van der Waals surface area (Å²) in [5, 5.41) is -5.87. The summed E-state index contributed by atoms with van der Waals surface area (Å²) in [5.41, 5.74) is 3.74. The molecule has 35 heavy (non-hydrogen) atoms. The van der Waals surface area contributed by atoms with Gasteiger partial charge >= 0.3 is 33.5 Å². The van der Waals surface area contributed by atoms with Crippen LogP contribution in [0.15, 0.2) is 48.5 Å². The highest BCUT2D eigenvalue weighted by Gasteiger charge is 2.66. The van der Waals surface area contributed by atoms with Gasteiger partial charge in [0.2, 0.25) is 0 Å². The first-order valence-corrected chi connectivity index (χ1v) is 11.6. The van der Waals surface area contributed by atoms with E-state index in [-0.39, 0.29) is 5.92 Å². The van der Waals surface area contributed by atoms with Crippen LogP contribution in [0.5, 0.6) is 0 Å². The fraction of sp³-hybridized carbons (Fsp3) is 0.364. The van der Waals surface area contributed by atoms with E-state index in [1.54, 1.807) is 12.1 Å². The second kappa shape index (κ2) is 8.55. The van der Waals surface area contributed by atoms with Gasteiger partial charge in [-0.3, -0.25) is 9.35 Å². The highest BCUT2D eigenvalue weighted by Crippen LogP contribution is 2.55. The summed E-state index contributed by atoms with van der Waals surface area (Å²) in [6.07, 6.45) is -10.3. The van der Waals surface area contributed by atoms with Gasteiger partial charge in [-0.05, 0) is 28.7 Å². The molecule has 0 amide bonds. The molecule has 2 aromatic rings. The van der Waals surface area contributed by atoms with Crippen LogP contribution in [-0.4, -0.2) is 49.1 Å². The van der Waals surface area contributed by atoms with Gasteiger partial charge in [0.1, 0.15) is 0 Å². The van der Waals surface area contributed by atoms with Crippen molar-refractivity contribution in [1.29, 1.82) is 0 Å². The van der Waals surface area contributed by atoms with Gasteiger partial charge in [-0.25, -0.2) is 4.79 Å². The summed E-state index contributed by atoms with van der Waals surface area (Å²) in [6.45, 7) is -1.47. The first kappa shape index (κ1) is 25.0. The fourth-order valence-corrected chi connectivity index (χ4v) is 5.18. The molecule has 7 nitrogen and oxygen atoms in total. The maximum absolute atomic E-state index is 13.6. The average Bonchev–Trinajstić information content (AvgIpc) is 2.79. The minimum Gasteiger partial charge on any atom is -0.453 e. The van der Waals surface area contributed by atoms with E-state index in [1.165, 1.54) is 0 Å². The van der Waals surface area contributed by atoms with Gasteiger partial charge in [0, 0.05) is 11.8 Å². The van der Waals surface area contributed by atoms with E-state index in [9.17, 15) is 40.0 Å². The summed E-state index contributed by atoms with van der Waals surface area (Å²) < 4.78 is 104. The molecule has 0 aromatic heterocycles. The molecule has 0 saturated carbocycles. The molecule has 13 heteroatoms. The smallest absolute Gasteiger partial charge is 0.432 e. The SMILES string of the molecule is O=C(COC(=O)C1CC2c3ccccc3C1c1ccccc12)OC(C(F)(F)F)C(F)(F)S(=O)(=O)O. The van der Waals surface area contributed by atoms with E-state index in [4.69, 9.17) is 9.29 Å². The Morgan fingerprint density at radius 3 is 1.89 bits per heavy atom. The molecule has 1 N–H and O–H groups in total. The Morgan fingerprint density at radius 2 is 1.43 bits per heavy atom. The van der Waals surface area contributed by atoms with Gasteiger partial charge in [-0.15, -0.1) is 0 Å².